The second-order valence-electron chi connectivity index (χ2n) is 7.14. The molecule has 1 saturated heterocycles. The molecule has 1 N–H and O–H groups in total. The number of carbonyl (C=O) groups is 1. The minimum atomic E-state index is 0.00287. The van der Waals surface area contributed by atoms with Crippen LogP contribution in [0.4, 0.5) is 0 Å². The predicted molar refractivity (Wildman–Crippen MR) is 75.7 cm³/mol. The average molecular weight is 255 g/mol. The molecular formula is C14H29N3O. The van der Waals surface area contributed by atoms with Gasteiger partial charge in [0.25, 0.3) is 0 Å². The molecule has 0 aromatic carbocycles. The Kier molecular flexibility index (Phi) is 4.78. The standard InChI is InChI=1S/C14H29N3O/c1-13(2,3)15-11-12(18)16-7-9-17(10-8-16)14(4,5)6/h15H,7-11H2,1-6H3. The lowest BCUT2D eigenvalue weighted by Crippen LogP contribution is -2.56. The van der Waals surface area contributed by atoms with Gasteiger partial charge in [-0.2, -0.15) is 0 Å². The van der Waals surface area contributed by atoms with Crippen LogP contribution in [-0.4, -0.2) is 59.5 Å². The van der Waals surface area contributed by atoms with Crippen LogP contribution in [0.2, 0.25) is 0 Å². The lowest BCUT2D eigenvalue weighted by Gasteiger charge is -2.42. The van der Waals surface area contributed by atoms with E-state index in [0.29, 0.717) is 6.54 Å². The lowest BCUT2D eigenvalue weighted by molar-refractivity contribution is -0.133. The second-order valence-corrected chi connectivity index (χ2v) is 7.14. The number of carbonyl (C=O) groups excluding carboxylic acids is 1. The largest absolute Gasteiger partial charge is 0.339 e. The first-order valence-corrected chi connectivity index (χ1v) is 6.87. The minimum absolute atomic E-state index is 0.00287. The van der Waals surface area contributed by atoms with Crippen LogP contribution in [0.15, 0.2) is 0 Å². The zero-order chi connectivity index (χ0) is 14.0. The van der Waals surface area contributed by atoms with Gasteiger partial charge >= 0.3 is 0 Å². The van der Waals surface area contributed by atoms with Crippen molar-refractivity contribution in [3.63, 3.8) is 0 Å². The molecule has 0 saturated carbocycles. The van der Waals surface area contributed by atoms with E-state index in [1.165, 1.54) is 0 Å². The van der Waals surface area contributed by atoms with Crippen LogP contribution >= 0.6 is 0 Å². The van der Waals surface area contributed by atoms with Gasteiger partial charge in [0.2, 0.25) is 5.91 Å². The molecule has 106 valence electrons. The van der Waals surface area contributed by atoms with E-state index in [2.05, 4.69) is 51.8 Å². The van der Waals surface area contributed by atoms with Crippen molar-refractivity contribution in [3.8, 4) is 0 Å². The number of nitrogens with one attached hydrogen (secondary N) is 1. The summed E-state index contributed by atoms with van der Waals surface area (Å²) >= 11 is 0. The highest BCUT2D eigenvalue weighted by Gasteiger charge is 2.27. The summed E-state index contributed by atoms with van der Waals surface area (Å²) in [5.74, 6) is 0.221. The molecule has 1 aliphatic heterocycles. The van der Waals surface area contributed by atoms with Gasteiger partial charge in [-0.25, -0.2) is 0 Å². The van der Waals surface area contributed by atoms with Crippen molar-refractivity contribution in [1.29, 1.82) is 0 Å². The zero-order valence-corrected chi connectivity index (χ0v) is 12.8. The Morgan fingerprint density at radius 2 is 1.50 bits per heavy atom. The van der Waals surface area contributed by atoms with Crippen molar-refractivity contribution in [1.82, 2.24) is 15.1 Å². The Balaban J connectivity index is 2.37. The van der Waals surface area contributed by atoms with Gasteiger partial charge in [0.15, 0.2) is 0 Å². The van der Waals surface area contributed by atoms with Crippen LogP contribution in [0, 0.1) is 0 Å². The third-order valence-corrected chi connectivity index (χ3v) is 3.35. The molecule has 4 heteroatoms. The highest BCUT2D eigenvalue weighted by Crippen LogP contribution is 2.15. The quantitative estimate of drug-likeness (QED) is 0.808. The molecule has 0 aromatic heterocycles. The summed E-state index contributed by atoms with van der Waals surface area (Å²) in [6, 6.07) is 0. The SMILES string of the molecule is CC(C)(C)NCC(=O)N1CCN(C(C)(C)C)CC1. The molecule has 1 heterocycles. The summed E-state index contributed by atoms with van der Waals surface area (Å²) < 4.78 is 0. The number of piperazine rings is 1. The number of nitrogens with zero attached hydrogens (tertiary/aromatic N) is 2. The first kappa shape index (κ1) is 15.4. The van der Waals surface area contributed by atoms with Gasteiger partial charge in [-0.05, 0) is 41.5 Å². The third-order valence-electron chi connectivity index (χ3n) is 3.35. The summed E-state index contributed by atoms with van der Waals surface area (Å²) in [6.45, 7) is 17.0. The van der Waals surface area contributed by atoms with Crippen LogP contribution in [0.25, 0.3) is 0 Å². The van der Waals surface area contributed by atoms with Gasteiger partial charge in [0.1, 0.15) is 0 Å². The molecule has 1 aliphatic rings. The van der Waals surface area contributed by atoms with Gasteiger partial charge in [-0.1, -0.05) is 0 Å². The Bertz CT molecular complexity index is 280. The fourth-order valence-electron chi connectivity index (χ4n) is 2.08. The van der Waals surface area contributed by atoms with Crippen molar-refractivity contribution in [2.75, 3.05) is 32.7 Å². The molecule has 0 aromatic rings. The van der Waals surface area contributed by atoms with E-state index < -0.39 is 0 Å². The molecule has 0 radical (unpaired) electrons. The minimum Gasteiger partial charge on any atom is -0.339 e. The third kappa shape index (κ3) is 4.94. The maximum absolute atomic E-state index is 12.0. The highest BCUT2D eigenvalue weighted by molar-refractivity contribution is 5.78. The summed E-state index contributed by atoms with van der Waals surface area (Å²) in [6.07, 6.45) is 0. The Labute approximate surface area is 112 Å². The molecule has 0 unspecified atom stereocenters. The van der Waals surface area contributed by atoms with Crippen molar-refractivity contribution >= 4 is 5.91 Å². The van der Waals surface area contributed by atoms with Crippen molar-refractivity contribution in [2.45, 2.75) is 52.6 Å². The number of rotatable bonds is 2. The molecule has 4 nitrogen and oxygen atoms in total. The van der Waals surface area contributed by atoms with Gasteiger partial charge in [0, 0.05) is 37.3 Å². The average Bonchev–Trinajstić information content (AvgIpc) is 2.24. The molecule has 1 rings (SSSR count). The van der Waals surface area contributed by atoms with Crippen molar-refractivity contribution in [3.05, 3.63) is 0 Å². The Hall–Kier alpha value is -0.610. The smallest absolute Gasteiger partial charge is 0.236 e. The molecule has 18 heavy (non-hydrogen) atoms. The molecule has 0 bridgehead atoms. The second kappa shape index (κ2) is 5.57. The van der Waals surface area contributed by atoms with E-state index >= 15 is 0 Å². The molecule has 0 atom stereocenters. The number of amides is 1. The van der Waals surface area contributed by atoms with E-state index in [9.17, 15) is 4.79 Å². The predicted octanol–water partition coefficient (Wildman–Crippen LogP) is 1.32. The van der Waals surface area contributed by atoms with E-state index in [1.54, 1.807) is 0 Å². The van der Waals surface area contributed by atoms with Crippen molar-refractivity contribution < 1.29 is 4.79 Å². The Morgan fingerprint density at radius 3 is 1.89 bits per heavy atom. The molecule has 1 fully saturated rings. The van der Waals surface area contributed by atoms with Gasteiger partial charge in [0.05, 0.1) is 6.54 Å². The van der Waals surface area contributed by atoms with E-state index in [-0.39, 0.29) is 17.0 Å². The zero-order valence-electron chi connectivity index (χ0n) is 12.8. The van der Waals surface area contributed by atoms with Gasteiger partial charge < -0.3 is 10.2 Å². The maximum atomic E-state index is 12.0. The molecular weight excluding hydrogens is 226 g/mol. The van der Waals surface area contributed by atoms with Crippen LogP contribution in [0.1, 0.15) is 41.5 Å². The number of hydrogen-bond donors (Lipinski definition) is 1. The first-order chi connectivity index (χ1) is 8.09. The fraction of sp³-hybridized carbons (Fsp3) is 0.929. The van der Waals surface area contributed by atoms with Crippen LogP contribution in [0.3, 0.4) is 0 Å². The summed E-state index contributed by atoms with van der Waals surface area (Å²) in [5.41, 5.74) is 0.210. The molecule has 1 amide bonds. The van der Waals surface area contributed by atoms with Crippen LogP contribution in [-0.2, 0) is 4.79 Å². The van der Waals surface area contributed by atoms with Crippen LogP contribution in [0.5, 0.6) is 0 Å². The van der Waals surface area contributed by atoms with Gasteiger partial charge in [-0.15, -0.1) is 0 Å². The molecule has 0 spiro atoms. The summed E-state index contributed by atoms with van der Waals surface area (Å²) in [7, 11) is 0. The van der Waals surface area contributed by atoms with Crippen molar-refractivity contribution in [2.24, 2.45) is 0 Å². The van der Waals surface area contributed by atoms with Crippen LogP contribution < -0.4 is 5.32 Å². The van der Waals surface area contributed by atoms with Gasteiger partial charge in [-0.3, -0.25) is 9.69 Å². The molecule has 0 aliphatic carbocycles. The Morgan fingerprint density at radius 1 is 1.00 bits per heavy atom. The first-order valence-electron chi connectivity index (χ1n) is 6.87. The fourth-order valence-corrected chi connectivity index (χ4v) is 2.08. The summed E-state index contributed by atoms with van der Waals surface area (Å²) in [5, 5.41) is 3.26. The topological polar surface area (TPSA) is 35.6 Å². The van der Waals surface area contributed by atoms with E-state index in [0.717, 1.165) is 26.2 Å². The number of hydrogen-bond acceptors (Lipinski definition) is 3. The summed E-state index contributed by atoms with van der Waals surface area (Å²) in [4.78, 5) is 16.5. The van der Waals surface area contributed by atoms with E-state index in [4.69, 9.17) is 0 Å². The highest BCUT2D eigenvalue weighted by atomic mass is 16.2. The lowest BCUT2D eigenvalue weighted by atomic mass is 10.0. The monoisotopic (exact) mass is 255 g/mol. The normalized spacial score (nSPS) is 19.1. The van der Waals surface area contributed by atoms with E-state index in [1.807, 2.05) is 4.90 Å². The maximum Gasteiger partial charge on any atom is 0.236 e.